The Hall–Kier alpha value is -0.840. The molecule has 0 atom stereocenters. The molecule has 0 spiro atoms. The minimum absolute atomic E-state index is 0.375. The molecule has 0 N–H and O–H groups in total. The molecule has 1 aromatic rings. The molecule has 0 amide bonds. The maximum absolute atomic E-state index is 4.36. The van der Waals surface area contributed by atoms with Gasteiger partial charge in [-0.15, -0.1) is 0 Å². The number of nitrogens with zero attached hydrogens (tertiary/aromatic N) is 4. The predicted molar refractivity (Wildman–Crippen MR) is 65.3 cm³/mol. The molecule has 1 aromatic heterocycles. The Labute approximate surface area is 96.6 Å². The molecule has 0 saturated carbocycles. The van der Waals surface area contributed by atoms with E-state index in [-0.39, 0.29) is 0 Å². The zero-order valence-electron chi connectivity index (χ0n) is 9.68. The van der Waals surface area contributed by atoms with Gasteiger partial charge in [0.25, 0.3) is 0 Å². The Morgan fingerprint density at radius 1 is 1.20 bits per heavy atom. The van der Waals surface area contributed by atoms with Crippen LogP contribution >= 0.6 is 12.6 Å². The first kappa shape index (κ1) is 12.2. The molecule has 1 rings (SSSR count). The lowest BCUT2D eigenvalue weighted by atomic mass is 10.2. The normalized spacial score (nSPS) is 11.1. The van der Waals surface area contributed by atoms with Crippen molar-refractivity contribution in [1.82, 2.24) is 15.0 Å². The van der Waals surface area contributed by atoms with Crippen LogP contribution in [-0.4, -0.2) is 27.0 Å². The zero-order chi connectivity index (χ0) is 11.4. The average Bonchev–Trinajstić information content (AvgIpc) is 2.17. The van der Waals surface area contributed by atoms with Crippen LogP contribution in [0.1, 0.15) is 33.5 Å². The van der Waals surface area contributed by atoms with Crippen LogP contribution in [0, 0.1) is 0 Å². The largest absolute Gasteiger partial charge is 0.336 e. The summed E-state index contributed by atoms with van der Waals surface area (Å²) in [6.45, 7) is 8.52. The van der Waals surface area contributed by atoms with Crippen molar-refractivity contribution in [2.45, 2.75) is 45.5 Å². The van der Waals surface area contributed by atoms with E-state index in [1.807, 2.05) is 0 Å². The van der Waals surface area contributed by atoms with Crippen LogP contribution in [0.15, 0.2) is 6.33 Å². The molecule has 5 heteroatoms. The minimum atomic E-state index is 0.375. The molecule has 0 aliphatic carbocycles. The van der Waals surface area contributed by atoms with E-state index < -0.39 is 0 Å². The molecule has 84 valence electrons. The summed E-state index contributed by atoms with van der Waals surface area (Å²) < 4.78 is 0. The van der Waals surface area contributed by atoms with E-state index in [2.05, 4.69) is 60.2 Å². The maximum Gasteiger partial charge on any atom is 0.229 e. The first-order valence-corrected chi connectivity index (χ1v) is 5.76. The second-order valence-corrected chi connectivity index (χ2v) is 4.27. The van der Waals surface area contributed by atoms with E-state index in [1.165, 1.54) is 0 Å². The van der Waals surface area contributed by atoms with Gasteiger partial charge in [-0.2, -0.15) is 17.6 Å². The molecule has 0 radical (unpaired) electrons. The van der Waals surface area contributed by atoms with Crippen LogP contribution < -0.4 is 4.90 Å². The third-order valence-electron chi connectivity index (χ3n) is 2.09. The van der Waals surface area contributed by atoms with Gasteiger partial charge in [0.1, 0.15) is 12.2 Å². The topological polar surface area (TPSA) is 41.9 Å². The zero-order valence-corrected chi connectivity index (χ0v) is 10.6. The molecule has 15 heavy (non-hydrogen) atoms. The lowest BCUT2D eigenvalue weighted by Gasteiger charge is -2.30. The SMILES string of the molecule is CC(C)N(c1ncnc(CS)n1)C(C)C. The smallest absolute Gasteiger partial charge is 0.229 e. The van der Waals surface area contributed by atoms with Gasteiger partial charge in [0, 0.05) is 12.1 Å². The van der Waals surface area contributed by atoms with Crippen molar-refractivity contribution < 1.29 is 0 Å². The molecule has 0 aliphatic heterocycles. The number of rotatable bonds is 4. The summed E-state index contributed by atoms with van der Waals surface area (Å²) in [4.78, 5) is 14.8. The van der Waals surface area contributed by atoms with Crippen LogP contribution in [0.3, 0.4) is 0 Å². The van der Waals surface area contributed by atoms with Crippen molar-refractivity contribution in [1.29, 1.82) is 0 Å². The van der Waals surface area contributed by atoms with E-state index in [4.69, 9.17) is 0 Å². The molecule has 1 heterocycles. The van der Waals surface area contributed by atoms with Crippen LogP contribution in [0.5, 0.6) is 0 Å². The molecule has 0 aliphatic rings. The lowest BCUT2D eigenvalue weighted by Crippen LogP contribution is -2.38. The van der Waals surface area contributed by atoms with Crippen LogP contribution in [0.2, 0.25) is 0 Å². The number of hydrogen-bond acceptors (Lipinski definition) is 5. The fraction of sp³-hybridized carbons (Fsp3) is 0.700. The van der Waals surface area contributed by atoms with Gasteiger partial charge in [0.05, 0.1) is 5.75 Å². The van der Waals surface area contributed by atoms with E-state index in [0.717, 1.165) is 11.8 Å². The van der Waals surface area contributed by atoms with Crippen molar-refractivity contribution in [2.75, 3.05) is 4.90 Å². The first-order chi connectivity index (χ1) is 7.06. The summed E-state index contributed by atoms with van der Waals surface area (Å²) in [5.41, 5.74) is 0. The van der Waals surface area contributed by atoms with Gasteiger partial charge < -0.3 is 4.90 Å². The highest BCUT2D eigenvalue weighted by Crippen LogP contribution is 2.14. The molecule has 4 nitrogen and oxygen atoms in total. The molecular weight excluding hydrogens is 208 g/mol. The fourth-order valence-corrected chi connectivity index (χ4v) is 1.73. The highest BCUT2D eigenvalue weighted by atomic mass is 32.1. The van der Waals surface area contributed by atoms with E-state index >= 15 is 0 Å². The standard InChI is InChI=1S/C10H18N4S/c1-7(2)14(8(3)4)10-12-6-11-9(5-15)13-10/h6-8,15H,5H2,1-4H3. The molecule has 0 unspecified atom stereocenters. The number of aromatic nitrogens is 3. The second-order valence-electron chi connectivity index (χ2n) is 3.95. The summed E-state index contributed by atoms with van der Waals surface area (Å²) in [6.07, 6.45) is 1.55. The maximum atomic E-state index is 4.36. The number of hydrogen-bond donors (Lipinski definition) is 1. The summed E-state index contributed by atoms with van der Waals surface area (Å²) in [5.74, 6) is 1.99. The Kier molecular flexibility index (Phi) is 4.32. The third-order valence-corrected chi connectivity index (χ3v) is 2.38. The Bertz CT molecular complexity index is 306. The predicted octanol–water partition coefficient (Wildman–Crippen LogP) is 1.92. The van der Waals surface area contributed by atoms with Gasteiger partial charge in [0.15, 0.2) is 0 Å². The van der Waals surface area contributed by atoms with Crippen molar-refractivity contribution >= 4 is 18.6 Å². The van der Waals surface area contributed by atoms with Gasteiger partial charge >= 0.3 is 0 Å². The third kappa shape index (κ3) is 3.06. The molecule has 0 saturated heterocycles. The van der Waals surface area contributed by atoms with E-state index in [9.17, 15) is 0 Å². The second kappa shape index (κ2) is 5.30. The van der Waals surface area contributed by atoms with Gasteiger partial charge in [-0.25, -0.2) is 9.97 Å². The molecule has 0 bridgehead atoms. The van der Waals surface area contributed by atoms with Crippen molar-refractivity contribution in [2.24, 2.45) is 0 Å². The van der Waals surface area contributed by atoms with Gasteiger partial charge in [-0.1, -0.05) is 0 Å². The Morgan fingerprint density at radius 3 is 2.27 bits per heavy atom. The van der Waals surface area contributed by atoms with Gasteiger partial charge in [-0.05, 0) is 27.7 Å². The monoisotopic (exact) mass is 226 g/mol. The highest BCUT2D eigenvalue weighted by Gasteiger charge is 2.17. The van der Waals surface area contributed by atoms with Crippen LogP contribution in [-0.2, 0) is 5.75 Å². The Balaban J connectivity index is 3.00. The number of anilines is 1. The quantitative estimate of drug-likeness (QED) is 0.797. The van der Waals surface area contributed by atoms with Crippen molar-refractivity contribution in [3.63, 3.8) is 0 Å². The summed E-state index contributed by atoms with van der Waals surface area (Å²) in [5, 5.41) is 0. The molecular formula is C10H18N4S. The summed E-state index contributed by atoms with van der Waals surface area (Å²) in [6, 6.07) is 0.750. The molecule has 0 fully saturated rings. The Morgan fingerprint density at radius 2 is 1.80 bits per heavy atom. The fourth-order valence-electron chi connectivity index (χ4n) is 1.58. The van der Waals surface area contributed by atoms with Crippen LogP contribution in [0.25, 0.3) is 0 Å². The van der Waals surface area contributed by atoms with Crippen molar-refractivity contribution in [3.8, 4) is 0 Å². The first-order valence-electron chi connectivity index (χ1n) is 5.13. The van der Waals surface area contributed by atoms with Gasteiger partial charge in [0.2, 0.25) is 5.95 Å². The number of thiol groups is 1. The van der Waals surface area contributed by atoms with Gasteiger partial charge in [-0.3, -0.25) is 0 Å². The van der Waals surface area contributed by atoms with Crippen LogP contribution in [0.4, 0.5) is 5.95 Å². The van der Waals surface area contributed by atoms with E-state index in [0.29, 0.717) is 17.8 Å². The summed E-state index contributed by atoms with van der Waals surface area (Å²) >= 11 is 4.16. The minimum Gasteiger partial charge on any atom is -0.336 e. The average molecular weight is 226 g/mol. The summed E-state index contributed by atoms with van der Waals surface area (Å²) in [7, 11) is 0. The van der Waals surface area contributed by atoms with Crippen molar-refractivity contribution in [3.05, 3.63) is 12.2 Å². The van der Waals surface area contributed by atoms with E-state index in [1.54, 1.807) is 6.33 Å². The lowest BCUT2D eigenvalue weighted by molar-refractivity contribution is 0.588. The highest BCUT2D eigenvalue weighted by molar-refractivity contribution is 7.79. The molecule has 0 aromatic carbocycles.